The van der Waals surface area contributed by atoms with Gasteiger partial charge in [0.25, 0.3) is 0 Å². The number of nitrogens with zero attached hydrogens (tertiary/aromatic N) is 2. The maximum absolute atomic E-state index is 13.1. The first-order valence-corrected chi connectivity index (χ1v) is 10.2. The number of amides is 1. The van der Waals surface area contributed by atoms with E-state index in [9.17, 15) is 13.2 Å². The molecule has 0 radical (unpaired) electrons. The van der Waals surface area contributed by atoms with Gasteiger partial charge in [0, 0.05) is 32.2 Å². The van der Waals surface area contributed by atoms with Crippen molar-refractivity contribution in [2.45, 2.75) is 50.1 Å². The van der Waals surface area contributed by atoms with Crippen molar-refractivity contribution in [2.24, 2.45) is 0 Å². The summed E-state index contributed by atoms with van der Waals surface area (Å²) in [5, 5.41) is 6.71. The molecule has 2 aliphatic rings. The summed E-state index contributed by atoms with van der Waals surface area (Å²) in [5.74, 6) is 0.0748. The Labute approximate surface area is 153 Å². The van der Waals surface area contributed by atoms with Crippen molar-refractivity contribution in [3.05, 3.63) is 11.5 Å². The van der Waals surface area contributed by atoms with Gasteiger partial charge in [-0.25, -0.2) is 8.42 Å². The van der Waals surface area contributed by atoms with Crippen molar-refractivity contribution in [1.82, 2.24) is 14.8 Å². The summed E-state index contributed by atoms with van der Waals surface area (Å²) in [6, 6.07) is -0.476. The highest BCUT2D eigenvalue weighted by Gasteiger charge is 2.38. The minimum Gasteiger partial charge on any atom is -0.381 e. The summed E-state index contributed by atoms with van der Waals surface area (Å²) in [7, 11) is -3.81. The van der Waals surface area contributed by atoms with Gasteiger partial charge in [-0.2, -0.15) is 4.31 Å². The molecule has 1 atom stereocenters. The van der Waals surface area contributed by atoms with E-state index in [0.29, 0.717) is 25.5 Å². The van der Waals surface area contributed by atoms with Gasteiger partial charge in [0.2, 0.25) is 15.9 Å². The number of hydrogen-bond acceptors (Lipinski definition) is 7. The van der Waals surface area contributed by atoms with Gasteiger partial charge in [-0.05, 0) is 26.7 Å². The van der Waals surface area contributed by atoms with E-state index in [4.69, 9.17) is 14.0 Å². The second-order valence-electron chi connectivity index (χ2n) is 6.66. The van der Waals surface area contributed by atoms with E-state index >= 15 is 0 Å². The summed E-state index contributed by atoms with van der Waals surface area (Å²) in [5.41, 5.74) is 0.319. The van der Waals surface area contributed by atoms with Crippen LogP contribution in [0.3, 0.4) is 0 Å². The Morgan fingerprint density at radius 2 is 1.96 bits per heavy atom. The van der Waals surface area contributed by atoms with E-state index < -0.39 is 16.1 Å². The smallest absolute Gasteiger partial charge is 0.248 e. The van der Waals surface area contributed by atoms with Crippen LogP contribution in [0.1, 0.15) is 30.7 Å². The van der Waals surface area contributed by atoms with E-state index in [1.807, 2.05) is 0 Å². The standard InChI is InChI=1S/C16H25N3O6S/c1-11-16(12(2)25-18-11)26(21,22)19-5-8-24-10-14(19)9-15(20)17-13-3-6-23-7-4-13/h13-14H,3-10H2,1-2H3,(H,17,20)/t14-/m1/s1. The molecule has 0 unspecified atom stereocenters. The topological polar surface area (TPSA) is 111 Å². The molecule has 3 rings (SSSR count). The van der Waals surface area contributed by atoms with Crippen LogP contribution >= 0.6 is 0 Å². The summed E-state index contributed by atoms with van der Waals surface area (Å²) >= 11 is 0. The van der Waals surface area contributed by atoms with Crippen molar-refractivity contribution in [3.63, 3.8) is 0 Å². The van der Waals surface area contributed by atoms with Gasteiger partial charge >= 0.3 is 0 Å². The van der Waals surface area contributed by atoms with Crippen LogP contribution in [0.25, 0.3) is 0 Å². The first kappa shape index (κ1) is 19.3. The molecule has 1 aromatic heterocycles. The Morgan fingerprint density at radius 3 is 2.62 bits per heavy atom. The van der Waals surface area contributed by atoms with E-state index in [-0.39, 0.29) is 42.2 Å². The van der Waals surface area contributed by atoms with Crippen molar-refractivity contribution in [3.8, 4) is 0 Å². The Balaban J connectivity index is 1.72. The second-order valence-corrected chi connectivity index (χ2v) is 8.48. The number of nitrogens with one attached hydrogen (secondary N) is 1. The molecule has 10 heteroatoms. The lowest BCUT2D eigenvalue weighted by atomic mass is 10.1. The fourth-order valence-corrected chi connectivity index (χ4v) is 5.31. The predicted molar refractivity (Wildman–Crippen MR) is 91.1 cm³/mol. The zero-order valence-corrected chi connectivity index (χ0v) is 15.9. The van der Waals surface area contributed by atoms with Crippen LogP contribution in [0.15, 0.2) is 9.42 Å². The first-order chi connectivity index (χ1) is 12.4. The van der Waals surface area contributed by atoms with E-state index in [2.05, 4.69) is 10.5 Å². The molecule has 0 aliphatic carbocycles. The van der Waals surface area contributed by atoms with Gasteiger partial charge < -0.3 is 19.3 Å². The number of sulfonamides is 1. The summed E-state index contributed by atoms with van der Waals surface area (Å²) in [6.45, 7) is 5.09. The molecule has 0 spiro atoms. The van der Waals surface area contributed by atoms with Gasteiger partial charge in [0.1, 0.15) is 10.6 Å². The number of ether oxygens (including phenoxy) is 2. The number of rotatable bonds is 5. The molecule has 0 aromatic carbocycles. The molecular weight excluding hydrogens is 362 g/mol. The van der Waals surface area contributed by atoms with Gasteiger partial charge in [-0.1, -0.05) is 5.16 Å². The SMILES string of the molecule is Cc1noc(C)c1S(=O)(=O)N1CCOC[C@H]1CC(=O)NC1CCOCC1. The van der Waals surface area contributed by atoms with Crippen LogP contribution in [-0.2, 0) is 24.3 Å². The number of hydrogen-bond donors (Lipinski definition) is 1. The van der Waals surface area contributed by atoms with Gasteiger partial charge in [0.05, 0.1) is 19.3 Å². The molecule has 2 aliphatic heterocycles. The van der Waals surface area contributed by atoms with Crippen molar-refractivity contribution >= 4 is 15.9 Å². The molecule has 0 bridgehead atoms. The third kappa shape index (κ3) is 4.08. The Hall–Kier alpha value is -1.49. The highest BCUT2D eigenvalue weighted by atomic mass is 32.2. The maximum Gasteiger partial charge on any atom is 0.248 e. The highest BCUT2D eigenvalue weighted by molar-refractivity contribution is 7.89. The van der Waals surface area contributed by atoms with Crippen LogP contribution in [0, 0.1) is 13.8 Å². The van der Waals surface area contributed by atoms with E-state index in [0.717, 1.165) is 12.8 Å². The van der Waals surface area contributed by atoms with Gasteiger partial charge in [0.15, 0.2) is 5.76 Å². The molecular formula is C16H25N3O6S. The highest BCUT2D eigenvalue weighted by Crippen LogP contribution is 2.27. The van der Waals surface area contributed by atoms with Gasteiger partial charge in [-0.3, -0.25) is 4.79 Å². The van der Waals surface area contributed by atoms with Crippen LogP contribution in [-0.4, -0.2) is 68.8 Å². The normalized spacial score (nSPS) is 23.1. The Bertz CT molecular complexity index is 722. The third-order valence-electron chi connectivity index (χ3n) is 4.72. The molecule has 1 N–H and O–H groups in total. The van der Waals surface area contributed by atoms with Crippen molar-refractivity contribution in [2.75, 3.05) is 33.0 Å². The summed E-state index contributed by atoms with van der Waals surface area (Å²) in [4.78, 5) is 12.5. The lowest BCUT2D eigenvalue weighted by Gasteiger charge is -2.34. The number of aromatic nitrogens is 1. The van der Waals surface area contributed by atoms with E-state index in [1.54, 1.807) is 13.8 Å². The van der Waals surface area contributed by atoms with Crippen LogP contribution in [0.2, 0.25) is 0 Å². The third-order valence-corrected chi connectivity index (χ3v) is 6.91. The Morgan fingerprint density at radius 1 is 1.23 bits per heavy atom. The fraction of sp³-hybridized carbons (Fsp3) is 0.750. The fourth-order valence-electron chi connectivity index (χ4n) is 3.42. The molecule has 26 heavy (non-hydrogen) atoms. The summed E-state index contributed by atoms with van der Waals surface area (Å²) < 4.78 is 43.3. The molecule has 1 aromatic rings. The number of carbonyl (C=O) groups excluding carboxylic acids is 1. The minimum absolute atomic E-state index is 0.0555. The average Bonchev–Trinajstić information content (AvgIpc) is 2.95. The molecule has 2 saturated heterocycles. The second kappa shape index (κ2) is 8.03. The van der Waals surface area contributed by atoms with Crippen molar-refractivity contribution in [1.29, 1.82) is 0 Å². The average molecular weight is 387 g/mol. The monoisotopic (exact) mass is 387 g/mol. The lowest BCUT2D eigenvalue weighted by Crippen LogP contribution is -2.51. The number of carbonyl (C=O) groups is 1. The summed E-state index contributed by atoms with van der Waals surface area (Å²) in [6.07, 6.45) is 1.60. The van der Waals surface area contributed by atoms with E-state index in [1.165, 1.54) is 4.31 Å². The lowest BCUT2D eigenvalue weighted by molar-refractivity contribution is -0.124. The minimum atomic E-state index is -3.81. The van der Waals surface area contributed by atoms with Crippen LogP contribution in [0.5, 0.6) is 0 Å². The quantitative estimate of drug-likeness (QED) is 0.777. The number of morpholine rings is 1. The molecule has 2 fully saturated rings. The number of aryl methyl sites for hydroxylation is 2. The zero-order chi connectivity index (χ0) is 18.7. The molecule has 3 heterocycles. The van der Waals surface area contributed by atoms with Gasteiger partial charge in [-0.15, -0.1) is 0 Å². The van der Waals surface area contributed by atoms with Crippen molar-refractivity contribution < 1.29 is 27.2 Å². The largest absolute Gasteiger partial charge is 0.381 e. The van der Waals surface area contributed by atoms with Crippen LogP contribution in [0.4, 0.5) is 0 Å². The van der Waals surface area contributed by atoms with Crippen LogP contribution < -0.4 is 5.32 Å². The predicted octanol–water partition coefficient (Wildman–Crippen LogP) is 0.366. The molecule has 146 valence electrons. The Kier molecular flexibility index (Phi) is 5.96. The maximum atomic E-state index is 13.1. The first-order valence-electron chi connectivity index (χ1n) is 8.79. The molecule has 0 saturated carbocycles. The zero-order valence-electron chi connectivity index (χ0n) is 15.1. The molecule has 9 nitrogen and oxygen atoms in total. The molecule has 1 amide bonds.